The normalized spacial score (nSPS) is 12.2. The lowest BCUT2D eigenvalue weighted by molar-refractivity contribution is 0.0917. The van der Waals surface area contributed by atoms with E-state index in [0.717, 1.165) is 0 Å². The molecule has 0 saturated heterocycles. The van der Waals surface area contributed by atoms with Crippen LogP contribution in [0.1, 0.15) is 17.4 Å². The zero-order valence-electron chi connectivity index (χ0n) is 10.2. The van der Waals surface area contributed by atoms with Gasteiger partial charge in [0.2, 0.25) is 0 Å². The second kappa shape index (κ2) is 5.57. The van der Waals surface area contributed by atoms with Gasteiger partial charge in [-0.25, -0.2) is 9.07 Å². The van der Waals surface area contributed by atoms with E-state index in [-0.39, 0.29) is 24.2 Å². The van der Waals surface area contributed by atoms with Crippen molar-refractivity contribution in [2.24, 2.45) is 0 Å². The number of benzene rings is 1. The average molecular weight is 264 g/mol. The molecule has 0 bridgehead atoms. The summed E-state index contributed by atoms with van der Waals surface area (Å²) in [7, 11) is 0. The van der Waals surface area contributed by atoms with E-state index in [2.05, 4.69) is 15.6 Å². The van der Waals surface area contributed by atoms with E-state index in [1.807, 2.05) is 0 Å². The molecule has 6 nitrogen and oxygen atoms in total. The average Bonchev–Trinajstić information content (AvgIpc) is 2.89. The Bertz CT molecular complexity index is 567. The molecule has 1 unspecified atom stereocenters. The minimum absolute atomic E-state index is 0.129. The number of aliphatic hydroxyl groups is 1. The number of nitrogens with zero attached hydrogens (tertiary/aromatic N) is 3. The highest BCUT2D eigenvalue weighted by molar-refractivity contribution is 5.92. The molecule has 2 rings (SSSR count). The van der Waals surface area contributed by atoms with Crippen LogP contribution in [0.4, 0.5) is 4.39 Å². The molecule has 2 aromatic rings. The number of rotatable bonds is 4. The summed E-state index contributed by atoms with van der Waals surface area (Å²) >= 11 is 0. The number of aliphatic hydroxyl groups excluding tert-OH is 1. The van der Waals surface area contributed by atoms with E-state index in [1.54, 1.807) is 6.92 Å². The number of hydrogen-bond donors (Lipinski definition) is 2. The van der Waals surface area contributed by atoms with Gasteiger partial charge < -0.3 is 10.4 Å². The summed E-state index contributed by atoms with van der Waals surface area (Å²) < 4.78 is 14.2. The number of halogens is 1. The van der Waals surface area contributed by atoms with Crippen molar-refractivity contribution in [2.75, 3.05) is 6.61 Å². The Morgan fingerprint density at radius 1 is 1.47 bits per heavy atom. The predicted octanol–water partition coefficient (Wildman–Crippen LogP) is 0.517. The fourth-order valence-electron chi connectivity index (χ4n) is 1.43. The monoisotopic (exact) mass is 264 g/mol. The van der Waals surface area contributed by atoms with Crippen LogP contribution in [0.25, 0.3) is 5.69 Å². The molecule has 0 spiro atoms. The third-order valence-corrected chi connectivity index (χ3v) is 2.47. The van der Waals surface area contributed by atoms with Crippen molar-refractivity contribution in [1.82, 2.24) is 20.3 Å². The van der Waals surface area contributed by atoms with Crippen molar-refractivity contribution in [2.45, 2.75) is 13.0 Å². The molecule has 100 valence electrons. The molecule has 0 aliphatic heterocycles. The quantitative estimate of drug-likeness (QED) is 0.843. The Balaban J connectivity index is 2.15. The van der Waals surface area contributed by atoms with E-state index in [1.165, 1.54) is 35.1 Å². The highest BCUT2D eigenvalue weighted by Gasteiger charge is 2.13. The zero-order valence-corrected chi connectivity index (χ0v) is 10.2. The molecule has 1 heterocycles. The van der Waals surface area contributed by atoms with E-state index >= 15 is 0 Å². The van der Waals surface area contributed by atoms with Crippen molar-refractivity contribution in [3.8, 4) is 5.69 Å². The Morgan fingerprint density at radius 3 is 2.79 bits per heavy atom. The fourth-order valence-corrected chi connectivity index (χ4v) is 1.43. The third kappa shape index (κ3) is 3.14. The van der Waals surface area contributed by atoms with Gasteiger partial charge >= 0.3 is 0 Å². The van der Waals surface area contributed by atoms with Gasteiger partial charge in [0.05, 0.1) is 18.5 Å². The molecule has 0 aliphatic rings. The van der Waals surface area contributed by atoms with E-state index in [0.29, 0.717) is 5.69 Å². The van der Waals surface area contributed by atoms with Gasteiger partial charge in [0.25, 0.3) is 5.91 Å². The smallest absolute Gasteiger partial charge is 0.273 e. The highest BCUT2D eigenvalue weighted by Crippen LogP contribution is 2.08. The zero-order chi connectivity index (χ0) is 13.8. The maximum atomic E-state index is 12.8. The molecular weight excluding hydrogens is 251 g/mol. The van der Waals surface area contributed by atoms with Crippen molar-refractivity contribution in [3.05, 3.63) is 42.0 Å². The topological polar surface area (TPSA) is 80.0 Å². The van der Waals surface area contributed by atoms with Gasteiger partial charge in [0, 0.05) is 6.04 Å². The summed E-state index contributed by atoms with van der Waals surface area (Å²) in [6.07, 6.45) is 1.44. The van der Waals surface area contributed by atoms with Gasteiger partial charge in [-0.15, -0.1) is 5.10 Å². The van der Waals surface area contributed by atoms with Gasteiger partial charge in [0.1, 0.15) is 5.82 Å². The van der Waals surface area contributed by atoms with Crippen LogP contribution in [-0.4, -0.2) is 38.7 Å². The second-order valence-corrected chi connectivity index (χ2v) is 4.08. The largest absolute Gasteiger partial charge is 0.394 e. The van der Waals surface area contributed by atoms with Crippen LogP contribution in [-0.2, 0) is 0 Å². The van der Waals surface area contributed by atoms with E-state index in [9.17, 15) is 9.18 Å². The van der Waals surface area contributed by atoms with E-state index in [4.69, 9.17) is 5.11 Å². The number of nitrogens with one attached hydrogen (secondary N) is 1. The number of hydrogen-bond acceptors (Lipinski definition) is 4. The number of amides is 1. The number of aromatic nitrogens is 3. The maximum absolute atomic E-state index is 12.8. The lowest BCUT2D eigenvalue weighted by Crippen LogP contribution is -2.35. The van der Waals surface area contributed by atoms with Crippen molar-refractivity contribution in [3.63, 3.8) is 0 Å². The van der Waals surface area contributed by atoms with Crippen LogP contribution in [0, 0.1) is 5.82 Å². The predicted molar refractivity (Wildman–Crippen MR) is 65.3 cm³/mol. The lowest BCUT2D eigenvalue weighted by Gasteiger charge is -2.08. The summed E-state index contributed by atoms with van der Waals surface area (Å²) in [5.74, 6) is -0.770. The summed E-state index contributed by atoms with van der Waals surface area (Å²) in [6, 6.07) is 5.29. The molecule has 7 heteroatoms. The van der Waals surface area contributed by atoms with Crippen molar-refractivity contribution in [1.29, 1.82) is 0 Å². The molecule has 1 atom stereocenters. The molecule has 0 aliphatic carbocycles. The standard InChI is InChI=1S/C12H13FN4O2/c1-8(7-18)14-12(19)11-6-17(16-15-11)10-4-2-9(13)3-5-10/h2-6,8,18H,7H2,1H3,(H,14,19). The summed E-state index contributed by atoms with van der Waals surface area (Å²) in [6.45, 7) is 1.51. The van der Waals surface area contributed by atoms with Crippen molar-refractivity contribution >= 4 is 5.91 Å². The first-order valence-corrected chi connectivity index (χ1v) is 5.70. The molecule has 1 aromatic heterocycles. The Kier molecular flexibility index (Phi) is 3.86. The number of carbonyl (C=O) groups excluding carboxylic acids is 1. The first-order chi connectivity index (χ1) is 9.10. The molecule has 19 heavy (non-hydrogen) atoms. The molecule has 0 radical (unpaired) electrons. The minimum atomic E-state index is -0.421. The molecule has 2 N–H and O–H groups in total. The summed E-state index contributed by atoms with van der Waals surface area (Å²) in [5.41, 5.74) is 0.729. The maximum Gasteiger partial charge on any atom is 0.273 e. The van der Waals surface area contributed by atoms with Crippen LogP contribution in [0.2, 0.25) is 0 Å². The lowest BCUT2D eigenvalue weighted by atomic mass is 10.3. The summed E-state index contributed by atoms with van der Waals surface area (Å²) in [4.78, 5) is 11.7. The van der Waals surface area contributed by atoms with Crippen molar-refractivity contribution < 1.29 is 14.3 Å². The van der Waals surface area contributed by atoms with Gasteiger partial charge in [0.15, 0.2) is 5.69 Å². The van der Waals surface area contributed by atoms with Gasteiger partial charge in [-0.2, -0.15) is 0 Å². The molecule has 0 saturated carbocycles. The van der Waals surface area contributed by atoms with Crippen LogP contribution >= 0.6 is 0 Å². The molecule has 1 aromatic carbocycles. The highest BCUT2D eigenvalue weighted by atomic mass is 19.1. The number of carbonyl (C=O) groups is 1. The van der Waals surface area contributed by atoms with E-state index < -0.39 is 5.91 Å². The van der Waals surface area contributed by atoms with Gasteiger partial charge in [-0.3, -0.25) is 4.79 Å². The Labute approximate surface area is 108 Å². The van der Waals surface area contributed by atoms with Crippen LogP contribution in [0.5, 0.6) is 0 Å². The Hall–Kier alpha value is -2.28. The van der Waals surface area contributed by atoms with Crippen LogP contribution in [0.3, 0.4) is 0 Å². The SMILES string of the molecule is CC(CO)NC(=O)c1cn(-c2ccc(F)cc2)nn1. The minimum Gasteiger partial charge on any atom is -0.394 e. The Morgan fingerprint density at radius 2 is 2.16 bits per heavy atom. The first kappa shape index (κ1) is 13.2. The van der Waals surface area contributed by atoms with Crippen LogP contribution < -0.4 is 5.32 Å². The van der Waals surface area contributed by atoms with Gasteiger partial charge in [-0.05, 0) is 31.2 Å². The molecule has 1 amide bonds. The molecule has 0 fully saturated rings. The summed E-state index contributed by atoms with van der Waals surface area (Å²) in [5, 5.41) is 18.9. The first-order valence-electron chi connectivity index (χ1n) is 5.70. The molecular formula is C12H13FN4O2. The second-order valence-electron chi connectivity index (χ2n) is 4.08. The van der Waals surface area contributed by atoms with Crippen LogP contribution in [0.15, 0.2) is 30.5 Å². The van der Waals surface area contributed by atoms with Gasteiger partial charge in [-0.1, -0.05) is 5.21 Å². The third-order valence-electron chi connectivity index (χ3n) is 2.47. The fraction of sp³-hybridized carbons (Fsp3) is 0.250.